The first-order valence-electron chi connectivity index (χ1n) is 7.13. The Balaban J connectivity index is 0. The molecule has 0 aliphatic rings. The number of phosphoric ester groups is 1. The second kappa shape index (κ2) is 11.2. The van der Waals surface area contributed by atoms with Gasteiger partial charge in [0.2, 0.25) is 5.91 Å². The second-order valence-corrected chi connectivity index (χ2v) is 6.93. The fourth-order valence-electron chi connectivity index (χ4n) is 0.990. The summed E-state index contributed by atoms with van der Waals surface area (Å²) in [5, 5.41) is 0. The van der Waals surface area contributed by atoms with Crippen molar-refractivity contribution in [2.45, 2.75) is 20.8 Å². The average molecular weight is 327 g/mol. The number of quaternary nitrogens is 1. The first-order chi connectivity index (χ1) is 9.63. The van der Waals surface area contributed by atoms with E-state index in [-0.39, 0.29) is 19.1 Å². The highest BCUT2D eigenvalue weighted by Gasteiger charge is 2.27. The molecule has 0 heterocycles. The van der Waals surface area contributed by atoms with Gasteiger partial charge in [-0.3, -0.25) is 18.4 Å². The molecule has 128 valence electrons. The first kappa shape index (κ1) is 22.8. The lowest BCUT2D eigenvalue weighted by atomic mass is 10.5. The lowest BCUT2D eigenvalue weighted by Crippen LogP contribution is -2.37. The minimum absolute atomic E-state index is 0.229. The topological polar surface area (TPSA) is 65.1 Å². The molecule has 0 spiro atoms. The second-order valence-electron chi connectivity index (χ2n) is 5.16. The van der Waals surface area contributed by atoms with Gasteiger partial charge in [-0.15, -0.1) is 0 Å². The molecule has 0 saturated carbocycles. The van der Waals surface area contributed by atoms with Crippen LogP contribution in [0.3, 0.4) is 0 Å². The Morgan fingerprint density at radius 3 is 2.10 bits per heavy atom. The van der Waals surface area contributed by atoms with Crippen molar-refractivity contribution in [3.8, 4) is 0 Å². The van der Waals surface area contributed by atoms with E-state index in [0.717, 1.165) is 0 Å². The van der Waals surface area contributed by atoms with Crippen LogP contribution in [-0.4, -0.2) is 76.9 Å². The minimum Gasteiger partial charge on any atom is -0.344 e. The quantitative estimate of drug-likeness (QED) is 0.479. The van der Waals surface area contributed by atoms with Crippen LogP contribution < -0.4 is 0 Å². The highest BCUT2D eigenvalue weighted by molar-refractivity contribution is 7.48. The van der Waals surface area contributed by atoms with Gasteiger partial charge in [0.15, 0.2) is 0 Å². The molecular formula is C13H32N2O5P+. The van der Waals surface area contributed by atoms with Crippen molar-refractivity contribution < 1.29 is 27.4 Å². The van der Waals surface area contributed by atoms with Crippen molar-refractivity contribution in [2.24, 2.45) is 0 Å². The van der Waals surface area contributed by atoms with Crippen molar-refractivity contribution in [3.63, 3.8) is 0 Å². The van der Waals surface area contributed by atoms with Crippen LogP contribution in [0.4, 0.5) is 0 Å². The van der Waals surface area contributed by atoms with Crippen LogP contribution in [0.15, 0.2) is 0 Å². The molecule has 0 aliphatic heterocycles. The Labute approximate surface area is 129 Å². The van der Waals surface area contributed by atoms with Crippen LogP contribution in [0, 0.1) is 0 Å². The van der Waals surface area contributed by atoms with E-state index in [0.29, 0.717) is 17.6 Å². The molecule has 1 unspecified atom stereocenters. The van der Waals surface area contributed by atoms with Gasteiger partial charge in [-0.1, -0.05) is 13.8 Å². The van der Waals surface area contributed by atoms with Crippen molar-refractivity contribution in [1.82, 2.24) is 4.90 Å². The van der Waals surface area contributed by atoms with E-state index in [1.54, 1.807) is 7.05 Å². The van der Waals surface area contributed by atoms with Gasteiger partial charge < -0.3 is 9.38 Å². The van der Waals surface area contributed by atoms with Gasteiger partial charge in [-0.05, 0) is 6.92 Å². The normalized spacial score (nSPS) is 13.9. The van der Waals surface area contributed by atoms with Crippen LogP contribution in [0.2, 0.25) is 0 Å². The average Bonchev–Trinajstić information content (AvgIpc) is 2.44. The molecule has 8 heteroatoms. The predicted octanol–water partition coefficient (Wildman–Crippen LogP) is 1.98. The molecule has 0 aliphatic carbocycles. The van der Waals surface area contributed by atoms with Gasteiger partial charge in [0, 0.05) is 20.7 Å². The smallest absolute Gasteiger partial charge is 0.344 e. The lowest BCUT2D eigenvalue weighted by Gasteiger charge is -2.24. The van der Waals surface area contributed by atoms with Gasteiger partial charge in [-0.2, -0.15) is 0 Å². The summed E-state index contributed by atoms with van der Waals surface area (Å²) >= 11 is 0. The zero-order valence-electron chi connectivity index (χ0n) is 14.7. The number of amides is 1. The molecule has 1 amide bonds. The summed E-state index contributed by atoms with van der Waals surface area (Å²) < 4.78 is 27.6. The Bertz CT molecular complexity index is 331. The fraction of sp³-hybridized carbons (Fsp3) is 0.923. The zero-order chi connectivity index (χ0) is 17.1. The third-order valence-corrected chi connectivity index (χ3v) is 3.87. The maximum atomic E-state index is 12.0. The maximum absolute atomic E-state index is 12.0. The van der Waals surface area contributed by atoms with Gasteiger partial charge in [0.25, 0.3) is 0 Å². The summed E-state index contributed by atoms with van der Waals surface area (Å²) in [5.41, 5.74) is 0. The van der Waals surface area contributed by atoms with Gasteiger partial charge >= 0.3 is 7.82 Å². The van der Waals surface area contributed by atoms with E-state index in [1.807, 2.05) is 41.9 Å². The molecule has 0 bridgehead atoms. The minimum atomic E-state index is -3.65. The van der Waals surface area contributed by atoms with Crippen molar-refractivity contribution in [3.05, 3.63) is 0 Å². The first-order valence-corrected chi connectivity index (χ1v) is 8.59. The molecule has 0 fully saturated rings. The van der Waals surface area contributed by atoms with Crippen LogP contribution in [-0.2, 0) is 22.9 Å². The van der Waals surface area contributed by atoms with Crippen molar-refractivity contribution in [2.75, 3.05) is 61.6 Å². The number of carbonyl (C=O) groups is 1. The highest BCUT2D eigenvalue weighted by atomic mass is 31.2. The Morgan fingerprint density at radius 2 is 1.71 bits per heavy atom. The monoisotopic (exact) mass is 327 g/mol. The number of hydrogen-bond donors (Lipinski definition) is 0. The van der Waals surface area contributed by atoms with Gasteiger partial charge in [0.05, 0.1) is 21.1 Å². The molecule has 1 atom stereocenters. The molecule has 0 aromatic heterocycles. The standard InChI is InChI=1S/C11H26N2O5P.C2H6/c1-7-12(2)11(14)10-18-19(15,16-6)17-9-8-13(3,4)5;1-2/h7-10H2,1-6H3;1-2H3/q+1;. The summed E-state index contributed by atoms with van der Waals surface area (Å²) in [6.45, 7) is 6.96. The van der Waals surface area contributed by atoms with E-state index >= 15 is 0 Å². The molecule has 0 rings (SSSR count). The molecule has 0 aromatic carbocycles. The Kier molecular flexibility index (Phi) is 12.1. The molecular weight excluding hydrogens is 295 g/mol. The van der Waals surface area contributed by atoms with E-state index < -0.39 is 7.82 Å². The van der Waals surface area contributed by atoms with Crippen LogP contribution in [0.25, 0.3) is 0 Å². The fourth-order valence-corrected chi connectivity index (χ4v) is 1.85. The summed E-state index contributed by atoms with van der Waals surface area (Å²) in [6, 6.07) is 0. The van der Waals surface area contributed by atoms with E-state index in [1.165, 1.54) is 12.0 Å². The molecule has 7 nitrogen and oxygen atoms in total. The third-order valence-electron chi connectivity index (χ3n) is 2.48. The summed E-state index contributed by atoms with van der Waals surface area (Å²) in [4.78, 5) is 13.0. The number of phosphoric acid groups is 1. The Morgan fingerprint density at radius 1 is 1.19 bits per heavy atom. The molecule has 0 radical (unpaired) electrons. The largest absolute Gasteiger partial charge is 0.475 e. The number of hydrogen-bond acceptors (Lipinski definition) is 5. The Hall–Kier alpha value is -0.460. The maximum Gasteiger partial charge on any atom is 0.475 e. The zero-order valence-corrected chi connectivity index (χ0v) is 15.6. The van der Waals surface area contributed by atoms with E-state index in [4.69, 9.17) is 13.6 Å². The number of likely N-dealkylation sites (N-methyl/N-ethyl adjacent to an activating group) is 2. The van der Waals surface area contributed by atoms with E-state index in [2.05, 4.69) is 0 Å². The van der Waals surface area contributed by atoms with Crippen LogP contribution in [0.5, 0.6) is 0 Å². The summed E-state index contributed by atoms with van der Waals surface area (Å²) in [5.74, 6) is -0.269. The number of carbonyl (C=O) groups excluding carboxylic acids is 1. The van der Waals surface area contributed by atoms with Gasteiger partial charge in [0.1, 0.15) is 19.8 Å². The summed E-state index contributed by atoms with van der Waals surface area (Å²) in [7, 11) is 5.19. The molecule has 21 heavy (non-hydrogen) atoms. The van der Waals surface area contributed by atoms with Crippen molar-refractivity contribution >= 4 is 13.7 Å². The number of nitrogens with zero attached hydrogens (tertiary/aromatic N) is 2. The SMILES string of the molecule is CC.CCN(C)C(=O)COP(=O)(OC)OCC[N+](C)(C)C. The van der Waals surface area contributed by atoms with Crippen LogP contribution in [0.1, 0.15) is 20.8 Å². The molecule has 0 saturated heterocycles. The molecule has 0 aromatic rings. The lowest BCUT2D eigenvalue weighted by molar-refractivity contribution is -0.870. The van der Waals surface area contributed by atoms with Crippen LogP contribution >= 0.6 is 7.82 Å². The summed E-state index contributed by atoms with van der Waals surface area (Å²) in [6.07, 6.45) is 0. The third kappa shape index (κ3) is 11.8. The van der Waals surface area contributed by atoms with Gasteiger partial charge in [-0.25, -0.2) is 4.57 Å². The van der Waals surface area contributed by atoms with Crippen molar-refractivity contribution in [1.29, 1.82) is 0 Å². The number of rotatable bonds is 9. The highest BCUT2D eigenvalue weighted by Crippen LogP contribution is 2.48. The molecule has 0 N–H and O–H groups in total. The predicted molar refractivity (Wildman–Crippen MR) is 84.1 cm³/mol. The van der Waals surface area contributed by atoms with E-state index in [9.17, 15) is 9.36 Å².